The Labute approximate surface area is 121 Å². The van der Waals surface area contributed by atoms with E-state index in [1.165, 1.54) is 4.90 Å². The first-order valence-electron chi connectivity index (χ1n) is 6.69. The lowest BCUT2D eigenvalue weighted by Crippen LogP contribution is -2.45. The Kier molecular flexibility index (Phi) is 5.29. The van der Waals surface area contributed by atoms with Crippen LogP contribution in [0.3, 0.4) is 0 Å². The third kappa shape index (κ3) is 5.31. The number of hydrogen-bond acceptors (Lipinski definition) is 2. The Morgan fingerprint density at radius 1 is 1.25 bits per heavy atom. The van der Waals surface area contributed by atoms with Crippen molar-refractivity contribution in [3.8, 4) is 0 Å². The summed E-state index contributed by atoms with van der Waals surface area (Å²) in [6.45, 7) is 0.887. The van der Waals surface area contributed by atoms with Crippen molar-refractivity contribution in [3.05, 3.63) is 34.9 Å². The van der Waals surface area contributed by atoms with E-state index in [1.54, 1.807) is 0 Å². The van der Waals surface area contributed by atoms with Crippen LogP contribution >= 0.6 is 11.6 Å². The standard InChI is InChI=1S/C14H18ClF3N2/c15-12-3-1-2-11(8-12)9-19-13-4-6-20(7-5-13)10-14(16,17)18/h1-3,8,13,19H,4-7,9-10H2. The van der Waals surface area contributed by atoms with E-state index in [9.17, 15) is 13.2 Å². The molecule has 1 aromatic carbocycles. The number of nitrogens with one attached hydrogen (secondary N) is 1. The molecule has 1 heterocycles. The van der Waals surface area contributed by atoms with E-state index in [0.717, 1.165) is 18.4 Å². The van der Waals surface area contributed by atoms with Gasteiger partial charge in [0.15, 0.2) is 0 Å². The highest BCUT2D eigenvalue weighted by Crippen LogP contribution is 2.20. The van der Waals surface area contributed by atoms with Crippen LogP contribution in [0.5, 0.6) is 0 Å². The van der Waals surface area contributed by atoms with Crippen LogP contribution in [0, 0.1) is 0 Å². The summed E-state index contributed by atoms with van der Waals surface area (Å²) < 4.78 is 36.8. The zero-order valence-corrected chi connectivity index (χ0v) is 11.8. The van der Waals surface area contributed by atoms with Gasteiger partial charge in [-0.05, 0) is 43.6 Å². The smallest absolute Gasteiger partial charge is 0.310 e. The van der Waals surface area contributed by atoms with Crippen molar-refractivity contribution in [2.45, 2.75) is 31.6 Å². The fourth-order valence-electron chi connectivity index (χ4n) is 2.46. The predicted octanol–water partition coefficient (Wildman–Crippen LogP) is 3.46. The average Bonchev–Trinajstić information content (AvgIpc) is 2.36. The van der Waals surface area contributed by atoms with Gasteiger partial charge in [0.2, 0.25) is 0 Å². The Hall–Kier alpha value is -0.780. The summed E-state index contributed by atoms with van der Waals surface area (Å²) in [5.74, 6) is 0. The Balaban J connectivity index is 1.72. The summed E-state index contributed by atoms with van der Waals surface area (Å²) in [5, 5.41) is 4.08. The highest BCUT2D eigenvalue weighted by molar-refractivity contribution is 6.30. The summed E-state index contributed by atoms with van der Waals surface area (Å²) in [6.07, 6.45) is -2.60. The molecular weight excluding hydrogens is 289 g/mol. The maximum atomic E-state index is 12.3. The summed E-state index contributed by atoms with van der Waals surface area (Å²) in [7, 11) is 0. The molecule has 1 saturated heterocycles. The van der Waals surface area contributed by atoms with E-state index in [2.05, 4.69) is 5.32 Å². The molecular formula is C14H18ClF3N2. The molecule has 1 aliphatic rings. The summed E-state index contributed by atoms with van der Waals surface area (Å²) in [4.78, 5) is 1.47. The molecule has 0 atom stereocenters. The van der Waals surface area contributed by atoms with Gasteiger partial charge in [0.25, 0.3) is 0 Å². The molecule has 2 nitrogen and oxygen atoms in total. The van der Waals surface area contributed by atoms with Crippen molar-refractivity contribution in [1.29, 1.82) is 0 Å². The SMILES string of the molecule is FC(F)(F)CN1CCC(NCc2cccc(Cl)c2)CC1. The van der Waals surface area contributed by atoms with Crippen molar-refractivity contribution in [2.75, 3.05) is 19.6 Å². The zero-order valence-electron chi connectivity index (χ0n) is 11.1. The van der Waals surface area contributed by atoms with Gasteiger partial charge in [-0.2, -0.15) is 13.2 Å². The van der Waals surface area contributed by atoms with Gasteiger partial charge < -0.3 is 5.32 Å². The van der Waals surface area contributed by atoms with E-state index in [1.807, 2.05) is 24.3 Å². The molecule has 0 radical (unpaired) electrons. The molecule has 0 unspecified atom stereocenters. The van der Waals surface area contributed by atoms with Gasteiger partial charge in [0.05, 0.1) is 6.54 Å². The van der Waals surface area contributed by atoms with Crippen molar-refractivity contribution < 1.29 is 13.2 Å². The van der Waals surface area contributed by atoms with E-state index < -0.39 is 12.7 Å². The fourth-order valence-corrected chi connectivity index (χ4v) is 2.67. The van der Waals surface area contributed by atoms with Crippen LogP contribution in [0.2, 0.25) is 5.02 Å². The van der Waals surface area contributed by atoms with Crippen molar-refractivity contribution in [1.82, 2.24) is 10.2 Å². The summed E-state index contributed by atoms with van der Waals surface area (Å²) in [6, 6.07) is 7.87. The number of benzene rings is 1. The lowest BCUT2D eigenvalue weighted by molar-refractivity contribution is -0.148. The number of rotatable bonds is 4. The fraction of sp³-hybridized carbons (Fsp3) is 0.571. The topological polar surface area (TPSA) is 15.3 Å². The van der Waals surface area contributed by atoms with E-state index >= 15 is 0 Å². The van der Waals surface area contributed by atoms with Gasteiger partial charge in [0.1, 0.15) is 0 Å². The first kappa shape index (κ1) is 15.6. The maximum Gasteiger partial charge on any atom is 0.401 e. The lowest BCUT2D eigenvalue weighted by Gasteiger charge is -2.32. The highest BCUT2D eigenvalue weighted by Gasteiger charge is 2.32. The maximum absolute atomic E-state index is 12.3. The number of halogens is 4. The third-order valence-electron chi connectivity index (χ3n) is 3.47. The number of nitrogens with zero attached hydrogens (tertiary/aromatic N) is 1. The molecule has 0 aliphatic carbocycles. The predicted molar refractivity (Wildman–Crippen MR) is 73.8 cm³/mol. The van der Waals surface area contributed by atoms with Gasteiger partial charge in [-0.15, -0.1) is 0 Å². The number of alkyl halides is 3. The Morgan fingerprint density at radius 3 is 2.55 bits per heavy atom. The van der Waals surface area contributed by atoms with Crippen molar-refractivity contribution >= 4 is 11.6 Å². The second-order valence-corrected chi connectivity index (χ2v) is 5.61. The van der Waals surface area contributed by atoms with Crippen LogP contribution in [0.1, 0.15) is 18.4 Å². The second-order valence-electron chi connectivity index (χ2n) is 5.18. The molecule has 6 heteroatoms. The van der Waals surface area contributed by atoms with E-state index in [0.29, 0.717) is 24.7 Å². The van der Waals surface area contributed by atoms with Crippen molar-refractivity contribution in [2.24, 2.45) is 0 Å². The van der Waals surface area contributed by atoms with E-state index in [-0.39, 0.29) is 6.04 Å². The van der Waals surface area contributed by atoms with Gasteiger partial charge in [-0.1, -0.05) is 23.7 Å². The molecule has 1 N–H and O–H groups in total. The summed E-state index contributed by atoms with van der Waals surface area (Å²) in [5.41, 5.74) is 1.09. The lowest BCUT2D eigenvalue weighted by atomic mass is 10.0. The van der Waals surface area contributed by atoms with Crippen LogP contribution in [0.25, 0.3) is 0 Å². The Morgan fingerprint density at radius 2 is 1.95 bits per heavy atom. The zero-order chi connectivity index (χ0) is 14.6. The normalized spacial score (nSPS) is 18.4. The second kappa shape index (κ2) is 6.78. The molecule has 0 spiro atoms. The highest BCUT2D eigenvalue weighted by atomic mass is 35.5. The monoisotopic (exact) mass is 306 g/mol. The first-order chi connectivity index (χ1) is 9.42. The van der Waals surface area contributed by atoms with Gasteiger partial charge >= 0.3 is 6.18 Å². The molecule has 1 fully saturated rings. The first-order valence-corrected chi connectivity index (χ1v) is 7.07. The number of hydrogen-bond donors (Lipinski definition) is 1. The quantitative estimate of drug-likeness (QED) is 0.916. The van der Waals surface area contributed by atoms with Crippen molar-refractivity contribution in [3.63, 3.8) is 0 Å². The van der Waals surface area contributed by atoms with Crippen LogP contribution in [0.15, 0.2) is 24.3 Å². The molecule has 20 heavy (non-hydrogen) atoms. The number of piperidine rings is 1. The minimum Gasteiger partial charge on any atom is -0.310 e. The summed E-state index contributed by atoms with van der Waals surface area (Å²) >= 11 is 5.91. The van der Waals surface area contributed by atoms with Crippen LogP contribution in [-0.2, 0) is 6.54 Å². The van der Waals surface area contributed by atoms with E-state index in [4.69, 9.17) is 11.6 Å². The number of likely N-dealkylation sites (tertiary alicyclic amines) is 1. The molecule has 0 aromatic heterocycles. The largest absolute Gasteiger partial charge is 0.401 e. The minimum atomic E-state index is -4.10. The third-order valence-corrected chi connectivity index (χ3v) is 3.71. The molecule has 2 rings (SSSR count). The molecule has 0 amide bonds. The minimum absolute atomic E-state index is 0.276. The van der Waals surface area contributed by atoms with Gasteiger partial charge in [0, 0.05) is 17.6 Å². The van der Waals surface area contributed by atoms with Crippen LogP contribution in [0.4, 0.5) is 13.2 Å². The molecule has 0 bridgehead atoms. The van der Waals surface area contributed by atoms with Crippen LogP contribution in [-0.4, -0.2) is 36.8 Å². The molecule has 1 aliphatic heterocycles. The van der Waals surface area contributed by atoms with Gasteiger partial charge in [-0.3, -0.25) is 4.90 Å². The van der Waals surface area contributed by atoms with Gasteiger partial charge in [-0.25, -0.2) is 0 Å². The Bertz CT molecular complexity index is 429. The molecule has 112 valence electrons. The molecule has 0 saturated carbocycles. The van der Waals surface area contributed by atoms with Crippen LogP contribution < -0.4 is 5.32 Å². The molecule has 1 aromatic rings. The average molecular weight is 307 g/mol.